The lowest BCUT2D eigenvalue weighted by Crippen LogP contribution is -2.44. The van der Waals surface area contributed by atoms with Gasteiger partial charge in [-0.1, -0.05) is 36.4 Å². The molecule has 8 heteroatoms. The van der Waals surface area contributed by atoms with Gasteiger partial charge in [0.05, 0.1) is 18.5 Å². The van der Waals surface area contributed by atoms with E-state index in [0.29, 0.717) is 17.1 Å². The molecule has 8 nitrogen and oxygen atoms in total. The smallest absolute Gasteiger partial charge is 0.270 e. The molecule has 0 aliphatic carbocycles. The Balaban J connectivity index is 1.55. The van der Waals surface area contributed by atoms with Crippen LogP contribution >= 0.6 is 0 Å². The number of hydrogen-bond acceptors (Lipinski definition) is 5. The second-order valence-corrected chi connectivity index (χ2v) is 7.24. The average Bonchev–Trinajstić information content (AvgIpc) is 3.33. The summed E-state index contributed by atoms with van der Waals surface area (Å²) in [5, 5.41) is 8.35. The summed E-state index contributed by atoms with van der Waals surface area (Å²) >= 11 is 0. The molecular weight excluding hydrogens is 408 g/mol. The largest absolute Gasteiger partial charge is 0.467 e. The molecule has 0 bridgehead atoms. The summed E-state index contributed by atoms with van der Waals surface area (Å²) in [4.78, 5) is 39.7. The van der Waals surface area contributed by atoms with Gasteiger partial charge in [-0.2, -0.15) is 5.10 Å². The Morgan fingerprint density at radius 2 is 1.69 bits per heavy atom. The van der Waals surface area contributed by atoms with Crippen molar-refractivity contribution in [3.63, 3.8) is 0 Å². The molecule has 0 saturated heterocycles. The molecule has 1 aliphatic heterocycles. The summed E-state index contributed by atoms with van der Waals surface area (Å²) in [5.41, 5.74) is 1.44. The molecular formula is C24H22N4O4. The number of nitrogens with zero attached hydrogens (tertiary/aromatic N) is 3. The number of carbonyl (C=O) groups is 3. The quantitative estimate of drug-likeness (QED) is 0.621. The van der Waals surface area contributed by atoms with E-state index in [9.17, 15) is 14.4 Å². The maximum Gasteiger partial charge on any atom is 0.270 e. The van der Waals surface area contributed by atoms with Gasteiger partial charge in [0.2, 0.25) is 11.8 Å². The van der Waals surface area contributed by atoms with E-state index in [2.05, 4.69) is 10.4 Å². The molecule has 0 fully saturated rings. The van der Waals surface area contributed by atoms with Gasteiger partial charge in [-0.05, 0) is 36.4 Å². The summed E-state index contributed by atoms with van der Waals surface area (Å²) < 4.78 is 5.38. The van der Waals surface area contributed by atoms with Crippen molar-refractivity contribution in [2.75, 3.05) is 16.9 Å². The molecule has 2 aromatic carbocycles. The molecule has 32 heavy (non-hydrogen) atoms. The fraction of sp³-hybridized carbons (Fsp3) is 0.167. The van der Waals surface area contributed by atoms with Crippen LogP contribution < -0.4 is 10.3 Å². The first-order valence-corrected chi connectivity index (χ1v) is 10.2. The normalized spacial score (nSPS) is 13.4. The Morgan fingerprint density at radius 1 is 0.969 bits per heavy atom. The number of hydrazone groups is 1. The number of benzene rings is 2. The van der Waals surface area contributed by atoms with E-state index in [-0.39, 0.29) is 43.5 Å². The van der Waals surface area contributed by atoms with Crippen molar-refractivity contribution in [2.24, 2.45) is 5.10 Å². The van der Waals surface area contributed by atoms with Gasteiger partial charge in [0.1, 0.15) is 18.0 Å². The van der Waals surface area contributed by atoms with Gasteiger partial charge in [-0.25, -0.2) is 5.01 Å². The van der Waals surface area contributed by atoms with Crippen molar-refractivity contribution in [1.82, 2.24) is 4.90 Å². The topological polar surface area (TPSA) is 95.2 Å². The van der Waals surface area contributed by atoms with E-state index < -0.39 is 5.91 Å². The number of para-hydroxylation sites is 2. The van der Waals surface area contributed by atoms with Gasteiger partial charge in [-0.15, -0.1) is 0 Å². The Bertz CT molecular complexity index is 1110. The first kappa shape index (κ1) is 21.0. The Morgan fingerprint density at radius 3 is 2.38 bits per heavy atom. The molecule has 3 amide bonds. The molecule has 0 unspecified atom stereocenters. The van der Waals surface area contributed by atoms with Crippen LogP contribution in [0, 0.1) is 0 Å². The lowest BCUT2D eigenvalue weighted by Gasteiger charge is -2.26. The summed E-state index contributed by atoms with van der Waals surface area (Å²) in [6, 6.07) is 21.4. The van der Waals surface area contributed by atoms with Crippen molar-refractivity contribution < 1.29 is 18.8 Å². The highest BCUT2D eigenvalue weighted by Gasteiger charge is 2.29. The van der Waals surface area contributed by atoms with Crippen molar-refractivity contribution in [2.45, 2.75) is 19.4 Å². The van der Waals surface area contributed by atoms with E-state index in [1.807, 2.05) is 24.3 Å². The first-order chi connectivity index (χ1) is 15.6. The van der Waals surface area contributed by atoms with Crippen LogP contribution in [0.4, 0.5) is 11.4 Å². The number of rotatable bonds is 7. The van der Waals surface area contributed by atoms with Crippen LogP contribution in [-0.2, 0) is 20.9 Å². The van der Waals surface area contributed by atoms with Crippen molar-refractivity contribution in [1.29, 1.82) is 0 Å². The van der Waals surface area contributed by atoms with Crippen LogP contribution in [0.3, 0.4) is 0 Å². The number of furan rings is 1. The van der Waals surface area contributed by atoms with Gasteiger partial charge in [0.15, 0.2) is 0 Å². The lowest BCUT2D eigenvalue weighted by atomic mass is 10.1. The maximum absolute atomic E-state index is 13.3. The predicted octanol–water partition coefficient (Wildman–Crippen LogP) is 3.43. The Kier molecular flexibility index (Phi) is 6.41. The lowest BCUT2D eigenvalue weighted by molar-refractivity contribution is -0.130. The van der Waals surface area contributed by atoms with Crippen LogP contribution in [0.5, 0.6) is 0 Å². The van der Waals surface area contributed by atoms with Crippen molar-refractivity contribution in [3.8, 4) is 0 Å². The highest BCUT2D eigenvalue weighted by Crippen LogP contribution is 2.21. The third-order valence-corrected chi connectivity index (χ3v) is 4.89. The molecule has 2 heterocycles. The SMILES string of the molecule is O=C(CN(Cc1ccco1)C(=O)C1=NN(c2ccccc2)C(=O)CC1)Nc1ccccc1. The fourth-order valence-electron chi connectivity index (χ4n) is 3.35. The van der Waals surface area contributed by atoms with E-state index in [1.165, 1.54) is 16.2 Å². The number of amides is 3. The maximum atomic E-state index is 13.3. The summed E-state index contributed by atoms with van der Waals surface area (Å²) in [6.45, 7) is -0.0842. The standard InChI is InChI=1S/C24H22N4O4/c29-22(25-18-8-3-1-4-9-18)17-27(16-20-12-7-15-32-20)24(31)21-13-14-23(30)28(26-21)19-10-5-2-6-11-19/h1-12,15H,13-14,16-17H2,(H,25,29). The second kappa shape index (κ2) is 9.74. The van der Waals surface area contributed by atoms with Crippen molar-refractivity contribution >= 4 is 34.8 Å². The third-order valence-electron chi connectivity index (χ3n) is 4.89. The average molecular weight is 430 g/mol. The molecule has 3 aromatic rings. The highest BCUT2D eigenvalue weighted by atomic mass is 16.3. The predicted molar refractivity (Wildman–Crippen MR) is 120 cm³/mol. The summed E-state index contributed by atoms with van der Waals surface area (Å²) in [6.07, 6.45) is 1.87. The minimum atomic E-state index is -0.418. The van der Waals surface area contributed by atoms with Crippen LogP contribution in [0.1, 0.15) is 18.6 Å². The molecule has 162 valence electrons. The monoisotopic (exact) mass is 430 g/mol. The molecule has 1 aliphatic rings. The molecule has 0 saturated carbocycles. The van der Waals surface area contributed by atoms with E-state index in [1.54, 1.807) is 48.5 Å². The molecule has 0 atom stereocenters. The third kappa shape index (κ3) is 5.10. The first-order valence-electron chi connectivity index (χ1n) is 10.2. The zero-order valence-electron chi connectivity index (χ0n) is 17.3. The highest BCUT2D eigenvalue weighted by molar-refractivity contribution is 6.40. The van der Waals surface area contributed by atoms with Crippen LogP contribution in [0.25, 0.3) is 0 Å². The Hall–Kier alpha value is -4.20. The van der Waals surface area contributed by atoms with E-state index >= 15 is 0 Å². The molecule has 4 rings (SSSR count). The molecule has 1 N–H and O–H groups in total. The van der Waals surface area contributed by atoms with Crippen LogP contribution in [-0.4, -0.2) is 34.9 Å². The van der Waals surface area contributed by atoms with Gasteiger partial charge in [-0.3, -0.25) is 14.4 Å². The number of carbonyl (C=O) groups excluding carboxylic acids is 3. The second-order valence-electron chi connectivity index (χ2n) is 7.24. The zero-order chi connectivity index (χ0) is 22.3. The van der Waals surface area contributed by atoms with Gasteiger partial charge in [0.25, 0.3) is 5.91 Å². The van der Waals surface area contributed by atoms with Gasteiger partial charge in [0, 0.05) is 18.5 Å². The fourth-order valence-corrected chi connectivity index (χ4v) is 3.35. The van der Waals surface area contributed by atoms with Crippen LogP contribution in [0.2, 0.25) is 0 Å². The van der Waals surface area contributed by atoms with Gasteiger partial charge >= 0.3 is 0 Å². The number of nitrogens with one attached hydrogen (secondary N) is 1. The minimum Gasteiger partial charge on any atom is -0.467 e. The summed E-state index contributed by atoms with van der Waals surface area (Å²) in [5.74, 6) is -0.410. The molecule has 0 spiro atoms. The number of anilines is 2. The number of hydrogen-bond donors (Lipinski definition) is 1. The van der Waals surface area contributed by atoms with Crippen LogP contribution in [0.15, 0.2) is 88.6 Å². The Labute approximate surface area is 185 Å². The van der Waals surface area contributed by atoms with Crippen molar-refractivity contribution in [3.05, 3.63) is 84.8 Å². The molecule has 1 aromatic heterocycles. The van der Waals surface area contributed by atoms with E-state index in [4.69, 9.17) is 4.42 Å². The minimum absolute atomic E-state index is 0.104. The van der Waals surface area contributed by atoms with Gasteiger partial charge < -0.3 is 14.6 Å². The molecule has 0 radical (unpaired) electrons. The summed E-state index contributed by atoms with van der Waals surface area (Å²) in [7, 11) is 0. The van der Waals surface area contributed by atoms with E-state index in [0.717, 1.165) is 0 Å². The zero-order valence-corrected chi connectivity index (χ0v) is 17.3.